The zero-order valence-electron chi connectivity index (χ0n) is 18.8. The van der Waals surface area contributed by atoms with Crippen LogP contribution in [0.15, 0.2) is 66.9 Å². The second-order valence-electron chi connectivity index (χ2n) is 8.51. The maximum Gasteiger partial charge on any atom is 0.416 e. The number of nitrogens with zero attached hydrogens (tertiary/aromatic N) is 2. The quantitative estimate of drug-likeness (QED) is 0.562. The number of amides is 2. The van der Waals surface area contributed by atoms with Crippen LogP contribution in [0.1, 0.15) is 46.8 Å². The zero-order valence-corrected chi connectivity index (χ0v) is 18.8. The lowest BCUT2D eigenvalue weighted by molar-refractivity contribution is -0.137. The summed E-state index contributed by atoms with van der Waals surface area (Å²) in [5, 5.41) is 2.62. The van der Waals surface area contributed by atoms with Crippen LogP contribution in [0.5, 0.6) is 0 Å². The lowest BCUT2D eigenvalue weighted by Gasteiger charge is -2.37. The molecule has 1 aliphatic heterocycles. The van der Waals surface area contributed by atoms with E-state index in [2.05, 4.69) is 16.0 Å². The number of aryl methyl sites for hydroxylation is 1. The second kappa shape index (κ2) is 9.75. The van der Waals surface area contributed by atoms with Crippen molar-refractivity contribution in [2.75, 3.05) is 6.54 Å². The fourth-order valence-electron chi connectivity index (χ4n) is 4.35. The summed E-state index contributed by atoms with van der Waals surface area (Å²) in [5.74, 6) is -0.508. The van der Waals surface area contributed by atoms with E-state index >= 15 is 0 Å². The van der Waals surface area contributed by atoms with E-state index in [-0.39, 0.29) is 37.2 Å². The first kappa shape index (κ1) is 23.6. The Balaban J connectivity index is 1.39. The number of rotatable bonds is 6. The Morgan fingerprint density at radius 3 is 2.56 bits per heavy atom. The van der Waals surface area contributed by atoms with Crippen molar-refractivity contribution < 1.29 is 22.8 Å². The Bertz CT molecular complexity index is 1190. The summed E-state index contributed by atoms with van der Waals surface area (Å²) in [5.41, 5.74) is 2.74. The molecule has 5 nitrogen and oxygen atoms in total. The van der Waals surface area contributed by atoms with E-state index in [4.69, 9.17) is 0 Å². The maximum atomic E-state index is 13.1. The van der Waals surface area contributed by atoms with Crippen molar-refractivity contribution in [3.63, 3.8) is 0 Å². The number of aromatic nitrogens is 1. The van der Waals surface area contributed by atoms with Crippen LogP contribution >= 0.6 is 0 Å². The molecule has 1 aromatic heterocycles. The largest absolute Gasteiger partial charge is 0.416 e. The number of fused-ring (bicyclic) bond motifs is 1. The van der Waals surface area contributed by atoms with Crippen LogP contribution in [0, 0.1) is 6.92 Å². The number of benzene rings is 2. The number of hydrogen-bond acceptors (Lipinski definition) is 2. The summed E-state index contributed by atoms with van der Waals surface area (Å²) in [6, 6.07) is 16.6. The molecule has 0 radical (unpaired) electrons. The van der Waals surface area contributed by atoms with E-state index in [0.29, 0.717) is 18.7 Å². The predicted octanol–water partition coefficient (Wildman–Crippen LogP) is 4.84. The Morgan fingerprint density at radius 2 is 1.79 bits per heavy atom. The Hall–Kier alpha value is -3.55. The average Bonchev–Trinajstić information content (AvgIpc) is 3.29. The number of nitrogens with one attached hydrogen (secondary N) is 1. The first-order chi connectivity index (χ1) is 16.2. The average molecular weight is 470 g/mol. The molecular formula is C26H26F3N3O2. The molecule has 2 heterocycles. The number of carbonyl (C=O) groups excluding carboxylic acids is 2. The fourth-order valence-corrected chi connectivity index (χ4v) is 4.35. The normalized spacial score (nSPS) is 15.6. The minimum absolute atomic E-state index is 0.0252. The van der Waals surface area contributed by atoms with Gasteiger partial charge in [0.25, 0.3) is 0 Å². The highest BCUT2D eigenvalue weighted by atomic mass is 19.4. The third kappa shape index (κ3) is 5.32. The Labute approximate surface area is 196 Å². The monoisotopic (exact) mass is 469 g/mol. The van der Waals surface area contributed by atoms with Crippen molar-refractivity contribution in [1.82, 2.24) is 14.8 Å². The lowest BCUT2D eigenvalue weighted by atomic mass is 9.98. The van der Waals surface area contributed by atoms with Crippen LogP contribution in [0.25, 0.3) is 0 Å². The van der Waals surface area contributed by atoms with Crippen molar-refractivity contribution in [3.8, 4) is 0 Å². The van der Waals surface area contributed by atoms with E-state index in [1.165, 1.54) is 12.1 Å². The Kier molecular flexibility index (Phi) is 6.77. The molecule has 0 aliphatic carbocycles. The van der Waals surface area contributed by atoms with Crippen LogP contribution in [0.2, 0.25) is 0 Å². The van der Waals surface area contributed by atoms with Crippen LogP contribution in [-0.4, -0.2) is 27.8 Å². The highest BCUT2D eigenvalue weighted by molar-refractivity contribution is 5.84. The molecule has 0 bridgehead atoms. The van der Waals surface area contributed by atoms with Gasteiger partial charge in [-0.05, 0) is 42.3 Å². The van der Waals surface area contributed by atoms with Gasteiger partial charge in [-0.25, -0.2) is 0 Å². The van der Waals surface area contributed by atoms with Gasteiger partial charge in [0.1, 0.15) is 0 Å². The summed E-state index contributed by atoms with van der Waals surface area (Å²) in [6.45, 7) is 3.19. The molecule has 2 aromatic carbocycles. The van der Waals surface area contributed by atoms with Gasteiger partial charge in [-0.1, -0.05) is 42.0 Å². The summed E-state index contributed by atoms with van der Waals surface area (Å²) in [6.07, 6.45) is -2.44. The molecule has 3 aromatic rings. The molecule has 2 amide bonds. The molecule has 34 heavy (non-hydrogen) atoms. The van der Waals surface area contributed by atoms with Crippen molar-refractivity contribution in [3.05, 3.63) is 94.8 Å². The molecule has 1 N–H and O–H groups in total. The SMILES string of the molecule is Cc1cccc(C2c3cccn3CCN2C(=O)CCC(=O)NCc2cccc(C(F)(F)F)c2)c1. The van der Waals surface area contributed by atoms with Crippen molar-refractivity contribution in [2.24, 2.45) is 0 Å². The van der Waals surface area contributed by atoms with Crippen LogP contribution in [0.3, 0.4) is 0 Å². The highest BCUT2D eigenvalue weighted by Crippen LogP contribution is 2.33. The lowest BCUT2D eigenvalue weighted by Crippen LogP contribution is -2.42. The van der Waals surface area contributed by atoms with Gasteiger partial charge in [-0.2, -0.15) is 13.2 Å². The predicted molar refractivity (Wildman–Crippen MR) is 122 cm³/mol. The van der Waals surface area contributed by atoms with Crippen LogP contribution in [-0.2, 0) is 28.9 Å². The van der Waals surface area contributed by atoms with E-state index < -0.39 is 11.7 Å². The highest BCUT2D eigenvalue weighted by Gasteiger charge is 2.32. The minimum Gasteiger partial charge on any atom is -0.352 e. The van der Waals surface area contributed by atoms with Crippen LogP contribution in [0.4, 0.5) is 13.2 Å². The van der Waals surface area contributed by atoms with Crippen molar-refractivity contribution in [2.45, 2.75) is 45.1 Å². The summed E-state index contributed by atoms with van der Waals surface area (Å²) >= 11 is 0. The molecule has 8 heteroatoms. The van der Waals surface area contributed by atoms with Gasteiger partial charge >= 0.3 is 6.18 Å². The molecule has 178 valence electrons. The molecule has 1 atom stereocenters. The molecule has 0 fully saturated rings. The maximum absolute atomic E-state index is 13.1. The molecule has 0 saturated carbocycles. The molecule has 1 aliphatic rings. The van der Waals surface area contributed by atoms with E-state index in [9.17, 15) is 22.8 Å². The van der Waals surface area contributed by atoms with E-state index in [0.717, 1.165) is 29.0 Å². The second-order valence-corrected chi connectivity index (χ2v) is 8.51. The number of carbonyl (C=O) groups is 2. The third-order valence-electron chi connectivity index (χ3n) is 6.03. The Morgan fingerprint density at radius 1 is 1.00 bits per heavy atom. The van der Waals surface area contributed by atoms with E-state index in [1.54, 1.807) is 0 Å². The topological polar surface area (TPSA) is 54.3 Å². The molecule has 0 spiro atoms. The van der Waals surface area contributed by atoms with Crippen molar-refractivity contribution >= 4 is 11.8 Å². The number of alkyl halides is 3. The van der Waals surface area contributed by atoms with Gasteiger partial charge in [-0.3, -0.25) is 9.59 Å². The van der Waals surface area contributed by atoms with Crippen molar-refractivity contribution in [1.29, 1.82) is 0 Å². The first-order valence-corrected chi connectivity index (χ1v) is 11.2. The number of halogens is 3. The van der Waals surface area contributed by atoms with Gasteiger partial charge in [0.2, 0.25) is 11.8 Å². The zero-order chi connectivity index (χ0) is 24.3. The van der Waals surface area contributed by atoms with Gasteiger partial charge in [-0.15, -0.1) is 0 Å². The summed E-state index contributed by atoms with van der Waals surface area (Å²) in [7, 11) is 0. The molecule has 0 saturated heterocycles. The van der Waals surface area contributed by atoms with Gasteiger partial charge in [0, 0.05) is 44.4 Å². The van der Waals surface area contributed by atoms with Crippen LogP contribution < -0.4 is 5.32 Å². The van der Waals surface area contributed by atoms with E-state index in [1.807, 2.05) is 48.4 Å². The summed E-state index contributed by atoms with van der Waals surface area (Å²) < 4.78 is 40.7. The van der Waals surface area contributed by atoms with Gasteiger partial charge < -0.3 is 14.8 Å². The standard InChI is InChI=1S/C26H26F3N3O2/c1-18-5-2-7-20(15-18)25-22-9-4-12-31(22)13-14-32(25)24(34)11-10-23(33)30-17-19-6-3-8-21(16-19)26(27,28)29/h2-9,12,15-16,25H,10-11,13-14,17H2,1H3,(H,30,33). The third-order valence-corrected chi connectivity index (χ3v) is 6.03. The first-order valence-electron chi connectivity index (χ1n) is 11.2. The smallest absolute Gasteiger partial charge is 0.352 e. The summed E-state index contributed by atoms with van der Waals surface area (Å²) in [4.78, 5) is 27.3. The molecule has 4 rings (SSSR count). The molecule has 1 unspecified atom stereocenters. The van der Waals surface area contributed by atoms with Gasteiger partial charge in [0.15, 0.2) is 0 Å². The number of hydrogen-bond donors (Lipinski definition) is 1. The fraction of sp³-hybridized carbons (Fsp3) is 0.308. The van der Waals surface area contributed by atoms with Gasteiger partial charge in [0.05, 0.1) is 11.6 Å². The molecular weight excluding hydrogens is 443 g/mol. The minimum atomic E-state index is -4.44.